The van der Waals surface area contributed by atoms with E-state index in [1.54, 1.807) is 48.5 Å². The highest BCUT2D eigenvalue weighted by atomic mass is 16.3. The number of benzene rings is 5. The van der Waals surface area contributed by atoms with E-state index in [-0.39, 0.29) is 11.5 Å². The highest BCUT2D eigenvalue weighted by molar-refractivity contribution is 6.06. The predicted molar refractivity (Wildman–Crippen MR) is 165 cm³/mol. The van der Waals surface area contributed by atoms with E-state index in [0.29, 0.717) is 33.8 Å². The molecule has 0 aliphatic carbocycles. The van der Waals surface area contributed by atoms with Crippen molar-refractivity contribution >= 4 is 22.1 Å². The van der Waals surface area contributed by atoms with Crippen molar-refractivity contribution in [1.82, 2.24) is 19.9 Å². The lowest BCUT2D eigenvalue weighted by Crippen LogP contribution is -1.90. The van der Waals surface area contributed by atoms with E-state index in [2.05, 4.69) is 33.6 Å². The average molecular weight is 543 g/mol. The molecule has 0 atom stereocenters. The van der Waals surface area contributed by atoms with Crippen molar-refractivity contribution in [3.63, 3.8) is 0 Å². The molecular formula is C36H22N4O2. The molecule has 0 amide bonds. The van der Waals surface area contributed by atoms with Crippen LogP contribution in [0.1, 0.15) is 22.3 Å². The van der Waals surface area contributed by atoms with Gasteiger partial charge in [0.15, 0.2) is 0 Å². The molecule has 0 radical (unpaired) electrons. The van der Waals surface area contributed by atoms with Gasteiger partial charge < -0.3 is 20.2 Å². The molecule has 0 aliphatic rings. The van der Waals surface area contributed by atoms with Gasteiger partial charge in [0, 0.05) is 22.3 Å². The normalized spacial score (nSPS) is 10.7. The van der Waals surface area contributed by atoms with Crippen LogP contribution in [0.4, 0.5) is 0 Å². The average Bonchev–Trinajstić information content (AvgIpc) is 3.67. The Morgan fingerprint density at radius 3 is 1.29 bits per heavy atom. The van der Waals surface area contributed by atoms with Gasteiger partial charge in [-0.05, 0) is 48.5 Å². The van der Waals surface area contributed by atoms with E-state index in [0.717, 1.165) is 33.3 Å². The van der Waals surface area contributed by atoms with Crippen LogP contribution in [0, 0.1) is 23.7 Å². The van der Waals surface area contributed by atoms with Crippen molar-refractivity contribution in [2.45, 2.75) is 0 Å². The number of aromatic hydroxyl groups is 2. The molecule has 0 spiro atoms. The molecule has 42 heavy (non-hydrogen) atoms. The molecule has 7 rings (SSSR count). The standard InChI is InChI=1S/C36H22N4O2/c41-27-17-11-23(12-18-27)15-21-29-31-32(38-35(37-31)25-7-3-1-4-8-25)30(22-16-24-13-19-28(42)20-14-24)34-33(29)39-36(40-34)26-9-5-2-6-10-26/h1-14,17-20,41-42H,(H,37,38)(H,39,40). The van der Waals surface area contributed by atoms with Crippen LogP contribution in [-0.2, 0) is 0 Å². The summed E-state index contributed by atoms with van der Waals surface area (Å²) in [7, 11) is 0. The first kappa shape index (κ1) is 24.8. The third-order valence-electron chi connectivity index (χ3n) is 6.87. The molecular weight excluding hydrogens is 520 g/mol. The summed E-state index contributed by atoms with van der Waals surface area (Å²) < 4.78 is 0. The third-order valence-corrected chi connectivity index (χ3v) is 6.87. The lowest BCUT2D eigenvalue weighted by atomic mass is 10.0. The fraction of sp³-hybridized carbons (Fsp3) is 0. The van der Waals surface area contributed by atoms with E-state index >= 15 is 0 Å². The first-order chi connectivity index (χ1) is 20.6. The van der Waals surface area contributed by atoms with Gasteiger partial charge in [0.05, 0.1) is 22.2 Å². The Labute approximate surface area is 241 Å². The van der Waals surface area contributed by atoms with Crippen molar-refractivity contribution < 1.29 is 10.2 Å². The van der Waals surface area contributed by atoms with Crippen LogP contribution in [0.25, 0.3) is 44.8 Å². The molecule has 0 bridgehead atoms. The van der Waals surface area contributed by atoms with Gasteiger partial charge in [-0.25, -0.2) is 9.97 Å². The predicted octanol–water partition coefficient (Wildman–Crippen LogP) is 6.98. The summed E-state index contributed by atoms with van der Waals surface area (Å²) in [5.74, 6) is 14.9. The third kappa shape index (κ3) is 4.70. The van der Waals surface area contributed by atoms with Crippen molar-refractivity contribution in [1.29, 1.82) is 0 Å². The summed E-state index contributed by atoms with van der Waals surface area (Å²) in [4.78, 5) is 17.1. The molecule has 2 heterocycles. The number of aromatic amines is 2. The Hall–Kier alpha value is -6.24. The summed E-state index contributed by atoms with van der Waals surface area (Å²) in [5, 5.41) is 19.4. The minimum Gasteiger partial charge on any atom is -0.508 e. The molecule has 6 heteroatoms. The second kappa shape index (κ2) is 10.4. The lowest BCUT2D eigenvalue weighted by molar-refractivity contribution is 0.474. The van der Waals surface area contributed by atoms with Crippen molar-refractivity contribution in [2.75, 3.05) is 0 Å². The zero-order chi connectivity index (χ0) is 28.5. The number of phenolic OH excluding ortho intramolecular Hbond substituents is 2. The topological polar surface area (TPSA) is 97.8 Å². The molecule has 4 N–H and O–H groups in total. The molecule has 5 aromatic carbocycles. The molecule has 0 aliphatic heterocycles. The molecule has 0 unspecified atom stereocenters. The lowest BCUT2D eigenvalue weighted by Gasteiger charge is -2.01. The molecule has 7 aromatic rings. The number of imidazole rings is 2. The molecule has 198 valence electrons. The van der Waals surface area contributed by atoms with Crippen LogP contribution in [0.5, 0.6) is 11.5 Å². The van der Waals surface area contributed by atoms with E-state index < -0.39 is 0 Å². The van der Waals surface area contributed by atoms with E-state index in [1.807, 2.05) is 60.7 Å². The van der Waals surface area contributed by atoms with Gasteiger partial charge in [0.25, 0.3) is 0 Å². The van der Waals surface area contributed by atoms with Gasteiger partial charge in [-0.15, -0.1) is 0 Å². The van der Waals surface area contributed by atoms with Gasteiger partial charge in [-0.3, -0.25) is 0 Å². The van der Waals surface area contributed by atoms with Crippen LogP contribution in [0.2, 0.25) is 0 Å². The Bertz CT molecular complexity index is 1980. The van der Waals surface area contributed by atoms with Crippen LogP contribution in [0.3, 0.4) is 0 Å². The monoisotopic (exact) mass is 542 g/mol. The minimum atomic E-state index is 0.182. The number of rotatable bonds is 2. The Morgan fingerprint density at radius 1 is 0.452 bits per heavy atom. The number of fused-ring (bicyclic) bond motifs is 2. The van der Waals surface area contributed by atoms with Crippen molar-refractivity contribution in [3.8, 4) is 58.0 Å². The Balaban J connectivity index is 1.53. The van der Waals surface area contributed by atoms with E-state index in [1.165, 1.54) is 0 Å². The zero-order valence-electron chi connectivity index (χ0n) is 22.2. The first-order valence-corrected chi connectivity index (χ1v) is 13.3. The number of hydrogen-bond donors (Lipinski definition) is 4. The fourth-order valence-electron chi connectivity index (χ4n) is 4.78. The second-order valence-corrected chi connectivity index (χ2v) is 9.69. The minimum absolute atomic E-state index is 0.182. The van der Waals surface area contributed by atoms with E-state index in [9.17, 15) is 10.2 Å². The number of nitrogens with one attached hydrogen (secondary N) is 2. The summed E-state index contributed by atoms with van der Waals surface area (Å²) in [5.41, 5.74) is 7.57. The fourth-order valence-corrected chi connectivity index (χ4v) is 4.78. The maximum Gasteiger partial charge on any atom is 0.138 e. The van der Waals surface area contributed by atoms with Crippen LogP contribution >= 0.6 is 0 Å². The maximum atomic E-state index is 9.72. The number of H-pyrrole nitrogens is 2. The first-order valence-electron chi connectivity index (χ1n) is 13.3. The quantitative estimate of drug-likeness (QED) is 0.177. The Morgan fingerprint density at radius 2 is 0.857 bits per heavy atom. The highest BCUT2D eigenvalue weighted by Gasteiger charge is 2.21. The molecule has 0 saturated heterocycles. The smallest absolute Gasteiger partial charge is 0.138 e. The van der Waals surface area contributed by atoms with Crippen molar-refractivity contribution in [2.24, 2.45) is 0 Å². The summed E-state index contributed by atoms with van der Waals surface area (Å²) in [6, 6.07) is 33.4. The number of hydrogen-bond acceptors (Lipinski definition) is 4. The summed E-state index contributed by atoms with van der Waals surface area (Å²) in [6.07, 6.45) is 0. The van der Waals surface area contributed by atoms with Gasteiger partial charge in [-0.1, -0.05) is 84.3 Å². The number of aromatic nitrogens is 4. The van der Waals surface area contributed by atoms with Gasteiger partial charge in [0.1, 0.15) is 34.2 Å². The second-order valence-electron chi connectivity index (χ2n) is 9.69. The number of phenols is 2. The van der Waals surface area contributed by atoms with Crippen LogP contribution in [-0.4, -0.2) is 30.1 Å². The highest BCUT2D eigenvalue weighted by Crippen LogP contribution is 2.34. The summed E-state index contributed by atoms with van der Waals surface area (Å²) in [6.45, 7) is 0. The largest absolute Gasteiger partial charge is 0.508 e. The van der Waals surface area contributed by atoms with E-state index in [4.69, 9.17) is 9.97 Å². The SMILES string of the molecule is Oc1ccc(C#Cc2c3nc(-c4ccccc4)[nH]c3c(C#Cc3ccc(O)cc3)c3[nH]c(-c4ccccc4)nc23)cc1. The number of nitrogens with zero attached hydrogens (tertiary/aromatic N) is 2. The maximum absolute atomic E-state index is 9.72. The van der Waals surface area contributed by atoms with Gasteiger partial charge >= 0.3 is 0 Å². The summed E-state index contributed by atoms with van der Waals surface area (Å²) >= 11 is 0. The van der Waals surface area contributed by atoms with Crippen molar-refractivity contribution in [3.05, 3.63) is 131 Å². The molecule has 6 nitrogen and oxygen atoms in total. The molecule has 2 aromatic heterocycles. The Kier molecular flexibility index (Phi) is 6.13. The molecule has 0 fully saturated rings. The van der Waals surface area contributed by atoms with Crippen LogP contribution in [0.15, 0.2) is 109 Å². The van der Waals surface area contributed by atoms with Crippen LogP contribution < -0.4 is 0 Å². The van der Waals surface area contributed by atoms with Gasteiger partial charge in [-0.2, -0.15) is 0 Å². The zero-order valence-corrected chi connectivity index (χ0v) is 22.2. The van der Waals surface area contributed by atoms with Gasteiger partial charge in [0.2, 0.25) is 0 Å². The molecule has 0 saturated carbocycles.